The molecule has 0 aliphatic rings. The number of hydrogen-bond acceptors (Lipinski definition) is 4. The maximum atomic E-state index is 4.02. The number of rotatable bonds is 6. The predicted octanol–water partition coefficient (Wildman–Crippen LogP) is 1.22. The van der Waals surface area contributed by atoms with Crippen LogP contribution in [0.4, 0.5) is 0 Å². The molecule has 90 valence electrons. The van der Waals surface area contributed by atoms with Gasteiger partial charge in [-0.3, -0.25) is 0 Å². The Hall–Kier alpha value is -1.75. The molecule has 0 atom stereocenters. The fourth-order valence-electron chi connectivity index (χ4n) is 1.61. The van der Waals surface area contributed by atoms with E-state index in [0.717, 1.165) is 25.3 Å². The third kappa shape index (κ3) is 3.35. The van der Waals surface area contributed by atoms with E-state index in [1.165, 1.54) is 5.56 Å². The van der Waals surface area contributed by atoms with Crippen molar-refractivity contribution in [2.75, 3.05) is 6.54 Å². The second-order valence-electron chi connectivity index (χ2n) is 3.92. The van der Waals surface area contributed by atoms with Crippen molar-refractivity contribution in [3.63, 3.8) is 0 Å². The maximum Gasteiger partial charge on any atom is 0.165 e. The summed E-state index contributed by atoms with van der Waals surface area (Å²) in [7, 11) is 0. The van der Waals surface area contributed by atoms with Gasteiger partial charge in [0.25, 0.3) is 0 Å². The highest BCUT2D eigenvalue weighted by Gasteiger charge is 2.05. The van der Waals surface area contributed by atoms with Crippen LogP contribution in [0.15, 0.2) is 30.3 Å². The zero-order chi connectivity index (χ0) is 11.9. The van der Waals surface area contributed by atoms with Crippen molar-refractivity contribution < 1.29 is 0 Å². The Balaban J connectivity index is 1.99. The molecule has 0 radical (unpaired) electrons. The van der Waals surface area contributed by atoms with Gasteiger partial charge in [0.1, 0.15) is 0 Å². The molecule has 0 aliphatic carbocycles. The molecule has 5 heteroatoms. The number of nitrogens with one attached hydrogen (secondary N) is 1. The Kier molecular flexibility index (Phi) is 4.21. The molecule has 0 fully saturated rings. The monoisotopic (exact) mass is 231 g/mol. The third-order valence-corrected chi connectivity index (χ3v) is 2.49. The summed E-state index contributed by atoms with van der Waals surface area (Å²) in [6, 6.07) is 10.2. The quantitative estimate of drug-likeness (QED) is 0.759. The average molecular weight is 231 g/mol. The number of tetrazole rings is 1. The number of hydrogen-bond donors (Lipinski definition) is 1. The first-order valence-electron chi connectivity index (χ1n) is 5.90. The Bertz CT molecular complexity index is 437. The van der Waals surface area contributed by atoms with Gasteiger partial charge in [0.15, 0.2) is 5.82 Å². The number of benzene rings is 1. The first-order valence-corrected chi connectivity index (χ1v) is 5.90. The van der Waals surface area contributed by atoms with Crippen LogP contribution in [0.5, 0.6) is 0 Å². The van der Waals surface area contributed by atoms with Crippen LogP contribution in [0.25, 0.3) is 0 Å². The molecule has 0 saturated carbocycles. The van der Waals surface area contributed by atoms with Gasteiger partial charge in [-0.1, -0.05) is 37.3 Å². The van der Waals surface area contributed by atoms with Crippen LogP contribution in [-0.4, -0.2) is 26.8 Å². The van der Waals surface area contributed by atoms with Gasteiger partial charge in [0.05, 0.1) is 13.1 Å². The minimum absolute atomic E-state index is 0.716. The summed E-state index contributed by atoms with van der Waals surface area (Å²) in [5.74, 6) is 0.877. The zero-order valence-corrected chi connectivity index (χ0v) is 10.0. The fraction of sp³-hybridized carbons (Fsp3) is 0.417. The second-order valence-corrected chi connectivity index (χ2v) is 3.92. The molecule has 0 bridgehead atoms. The minimum Gasteiger partial charge on any atom is -0.310 e. The zero-order valence-electron chi connectivity index (χ0n) is 10.0. The van der Waals surface area contributed by atoms with Crippen molar-refractivity contribution in [1.29, 1.82) is 0 Å². The molecule has 0 aliphatic heterocycles. The fourth-order valence-corrected chi connectivity index (χ4v) is 1.61. The maximum absolute atomic E-state index is 4.02. The molecule has 1 N–H and O–H groups in total. The van der Waals surface area contributed by atoms with Gasteiger partial charge < -0.3 is 5.32 Å². The van der Waals surface area contributed by atoms with Crippen molar-refractivity contribution >= 4 is 0 Å². The van der Waals surface area contributed by atoms with Crippen molar-refractivity contribution in [3.05, 3.63) is 41.7 Å². The molecule has 2 rings (SSSR count). The molecule has 1 heterocycles. The Labute approximate surface area is 101 Å². The topological polar surface area (TPSA) is 55.6 Å². The Morgan fingerprint density at radius 1 is 1.24 bits per heavy atom. The first kappa shape index (κ1) is 11.7. The highest BCUT2D eigenvalue weighted by molar-refractivity contribution is 5.14. The minimum atomic E-state index is 0.716. The van der Waals surface area contributed by atoms with Gasteiger partial charge in [-0.2, -0.15) is 0 Å². The Morgan fingerprint density at radius 3 is 2.82 bits per heavy atom. The van der Waals surface area contributed by atoms with Crippen LogP contribution in [0, 0.1) is 0 Å². The molecule has 0 amide bonds. The van der Waals surface area contributed by atoms with Gasteiger partial charge in [-0.25, -0.2) is 4.68 Å². The summed E-state index contributed by atoms with van der Waals surface area (Å²) < 4.78 is 1.83. The molecule has 1 aromatic carbocycles. The largest absolute Gasteiger partial charge is 0.310 e. The van der Waals surface area contributed by atoms with E-state index in [-0.39, 0.29) is 0 Å². The lowest BCUT2D eigenvalue weighted by Gasteiger charge is -2.05. The lowest BCUT2D eigenvalue weighted by Crippen LogP contribution is -2.18. The summed E-state index contributed by atoms with van der Waals surface area (Å²) in [5.41, 5.74) is 1.21. The van der Waals surface area contributed by atoms with E-state index in [0.29, 0.717) is 6.54 Å². The van der Waals surface area contributed by atoms with Crippen LogP contribution >= 0.6 is 0 Å². The van der Waals surface area contributed by atoms with Crippen molar-refractivity contribution in [3.8, 4) is 0 Å². The molecule has 1 aromatic heterocycles. The summed E-state index contributed by atoms with van der Waals surface area (Å²) in [6.45, 7) is 4.56. The Morgan fingerprint density at radius 2 is 2.06 bits per heavy atom. The molecule has 2 aromatic rings. The molecule has 5 nitrogen and oxygen atoms in total. The molecular formula is C12H17N5. The van der Waals surface area contributed by atoms with Gasteiger partial charge in [0, 0.05) is 0 Å². The van der Waals surface area contributed by atoms with E-state index in [9.17, 15) is 0 Å². The van der Waals surface area contributed by atoms with E-state index < -0.39 is 0 Å². The van der Waals surface area contributed by atoms with Gasteiger partial charge in [-0.05, 0) is 29.0 Å². The standard InChI is InChI=1S/C12H17N5/c1-2-8-13-9-12-14-15-16-17(12)10-11-6-4-3-5-7-11/h3-7,13H,2,8-10H2,1H3. The van der Waals surface area contributed by atoms with E-state index in [2.05, 4.69) is 39.9 Å². The van der Waals surface area contributed by atoms with E-state index in [1.807, 2.05) is 22.9 Å². The highest BCUT2D eigenvalue weighted by Crippen LogP contribution is 2.02. The van der Waals surface area contributed by atoms with Crippen LogP contribution in [-0.2, 0) is 13.1 Å². The van der Waals surface area contributed by atoms with Gasteiger partial charge in [-0.15, -0.1) is 5.10 Å². The van der Waals surface area contributed by atoms with E-state index in [4.69, 9.17) is 0 Å². The summed E-state index contributed by atoms with van der Waals surface area (Å²) in [6.07, 6.45) is 1.11. The lowest BCUT2D eigenvalue weighted by molar-refractivity contribution is 0.577. The second kappa shape index (κ2) is 6.10. The summed E-state index contributed by atoms with van der Waals surface area (Å²) in [4.78, 5) is 0. The van der Waals surface area contributed by atoms with E-state index in [1.54, 1.807) is 0 Å². The first-order chi connectivity index (χ1) is 8.40. The van der Waals surface area contributed by atoms with Crippen LogP contribution in [0.2, 0.25) is 0 Å². The summed E-state index contributed by atoms with van der Waals surface area (Å²) >= 11 is 0. The van der Waals surface area contributed by atoms with Crippen LogP contribution in [0.3, 0.4) is 0 Å². The van der Waals surface area contributed by atoms with E-state index >= 15 is 0 Å². The number of aromatic nitrogens is 4. The molecule has 0 spiro atoms. The van der Waals surface area contributed by atoms with Crippen molar-refractivity contribution in [2.24, 2.45) is 0 Å². The number of nitrogens with zero attached hydrogens (tertiary/aromatic N) is 4. The van der Waals surface area contributed by atoms with Crippen molar-refractivity contribution in [1.82, 2.24) is 25.5 Å². The SMILES string of the molecule is CCCNCc1nnnn1Cc1ccccc1. The normalized spacial score (nSPS) is 10.6. The lowest BCUT2D eigenvalue weighted by atomic mass is 10.2. The van der Waals surface area contributed by atoms with Crippen LogP contribution < -0.4 is 5.32 Å². The highest BCUT2D eigenvalue weighted by atomic mass is 15.5. The third-order valence-electron chi connectivity index (χ3n) is 2.49. The van der Waals surface area contributed by atoms with Crippen molar-refractivity contribution in [2.45, 2.75) is 26.4 Å². The molecule has 0 unspecified atom stereocenters. The van der Waals surface area contributed by atoms with Gasteiger partial charge >= 0.3 is 0 Å². The molecular weight excluding hydrogens is 214 g/mol. The smallest absolute Gasteiger partial charge is 0.165 e. The van der Waals surface area contributed by atoms with Crippen LogP contribution in [0.1, 0.15) is 24.7 Å². The molecule has 17 heavy (non-hydrogen) atoms. The molecule has 0 saturated heterocycles. The summed E-state index contributed by atoms with van der Waals surface area (Å²) in [5, 5.41) is 15.0. The predicted molar refractivity (Wildman–Crippen MR) is 65.4 cm³/mol. The average Bonchev–Trinajstić information content (AvgIpc) is 2.79. The van der Waals surface area contributed by atoms with Gasteiger partial charge in [0.2, 0.25) is 0 Å².